The van der Waals surface area contributed by atoms with Crippen LogP contribution in [0.15, 0.2) is 22.1 Å². The zero-order chi connectivity index (χ0) is 41.5. The van der Waals surface area contributed by atoms with Gasteiger partial charge < -0.3 is 51.8 Å². The third kappa shape index (κ3) is 21.4. The molecule has 19 heteroatoms. The number of nitrogens with two attached hydrogens (primary N) is 2. The highest BCUT2D eigenvalue weighted by Gasteiger charge is 2.44. The molecule has 0 aromatic carbocycles. The van der Waals surface area contributed by atoms with Crippen molar-refractivity contribution >= 4 is 48.1 Å². The number of halogens is 1. The number of nitrogens with zero attached hydrogens (tertiary/aromatic N) is 3. The fraction of sp³-hybridized carbons (Fsp3) is 0.763. The Morgan fingerprint density at radius 2 is 1.54 bits per heavy atom. The maximum atomic E-state index is 13.2. The van der Waals surface area contributed by atoms with Crippen LogP contribution in [0.4, 0.5) is 10.6 Å². The molecule has 0 radical (unpaired) electrons. The summed E-state index contributed by atoms with van der Waals surface area (Å²) in [5.41, 5.74) is 9.03. The number of guanidine groups is 1. The summed E-state index contributed by atoms with van der Waals surface area (Å²) in [6.45, 7) is 6.61. The Bertz CT molecular complexity index is 1450. The Morgan fingerprint density at radius 1 is 0.947 bits per heavy atom. The summed E-state index contributed by atoms with van der Waals surface area (Å²) in [6, 6.07) is 0.136. The summed E-state index contributed by atoms with van der Waals surface area (Å²) in [4.78, 5) is 70.8. The Kier molecular flexibility index (Phi) is 24.7. The van der Waals surface area contributed by atoms with Gasteiger partial charge in [-0.25, -0.2) is 9.59 Å². The molecule has 1 fully saturated rings. The van der Waals surface area contributed by atoms with Crippen LogP contribution in [0.25, 0.3) is 0 Å². The summed E-state index contributed by atoms with van der Waals surface area (Å²) in [5.74, 6) is -2.16. The Hall–Kier alpha value is -4.00. The van der Waals surface area contributed by atoms with E-state index in [1.165, 1.54) is 70.1 Å². The monoisotopic (exact) mass is 830 g/mol. The van der Waals surface area contributed by atoms with E-state index in [4.69, 9.17) is 25.7 Å². The lowest BCUT2D eigenvalue weighted by Gasteiger charge is -2.21. The van der Waals surface area contributed by atoms with Gasteiger partial charge in [0.1, 0.15) is 48.9 Å². The quantitative estimate of drug-likeness (QED) is 0.0306. The molecular formula is C38H67ClN8O10. The van der Waals surface area contributed by atoms with Crippen molar-refractivity contribution < 1.29 is 43.6 Å². The topological polar surface area (TPSA) is 272 Å². The van der Waals surface area contributed by atoms with Crippen LogP contribution in [0.3, 0.4) is 0 Å². The van der Waals surface area contributed by atoms with E-state index in [2.05, 4.69) is 32.9 Å². The number of unbranched alkanes of at least 4 members (excludes halogenated alkanes) is 12. The number of aliphatic hydroxyl groups is 2. The molecule has 0 saturated carbocycles. The summed E-state index contributed by atoms with van der Waals surface area (Å²) in [5, 5.41) is 28.6. The van der Waals surface area contributed by atoms with Gasteiger partial charge in [0.15, 0.2) is 12.2 Å². The number of hydrogen-bond acceptors (Lipinski definition) is 12. The zero-order valence-electron chi connectivity index (χ0n) is 34.0. The highest BCUT2D eigenvalue weighted by atomic mass is 35.5. The van der Waals surface area contributed by atoms with Crippen LogP contribution in [0, 0.1) is 0 Å². The van der Waals surface area contributed by atoms with Crippen molar-refractivity contribution in [1.29, 1.82) is 0 Å². The van der Waals surface area contributed by atoms with Crippen LogP contribution in [0.1, 0.15) is 137 Å². The minimum atomic E-state index is -1.54. The minimum Gasteiger partial charge on any atom is -0.463 e. The van der Waals surface area contributed by atoms with E-state index >= 15 is 0 Å². The molecule has 1 saturated heterocycles. The second-order valence-electron chi connectivity index (χ2n) is 15.1. The number of amides is 3. The van der Waals surface area contributed by atoms with Crippen molar-refractivity contribution in [2.45, 2.75) is 167 Å². The highest BCUT2D eigenvalue weighted by molar-refractivity contribution is 5.97. The van der Waals surface area contributed by atoms with Crippen LogP contribution in [-0.2, 0) is 28.6 Å². The summed E-state index contributed by atoms with van der Waals surface area (Å²) in [7, 11) is 0. The molecule has 3 amide bonds. The van der Waals surface area contributed by atoms with Gasteiger partial charge in [-0.15, -0.1) is 12.4 Å². The lowest BCUT2D eigenvalue weighted by molar-refractivity contribution is -0.150. The highest BCUT2D eigenvalue weighted by Crippen LogP contribution is 2.29. The average Bonchev–Trinajstić information content (AvgIpc) is 3.40. The first-order valence-corrected chi connectivity index (χ1v) is 20.0. The summed E-state index contributed by atoms with van der Waals surface area (Å²) >= 11 is 0. The van der Waals surface area contributed by atoms with Crippen molar-refractivity contribution in [3.63, 3.8) is 0 Å². The van der Waals surface area contributed by atoms with E-state index in [0.29, 0.717) is 12.8 Å². The number of esters is 1. The molecule has 1 aromatic heterocycles. The molecule has 57 heavy (non-hydrogen) atoms. The number of anilines is 1. The third-order valence-corrected chi connectivity index (χ3v) is 8.97. The molecule has 1 aromatic rings. The van der Waals surface area contributed by atoms with E-state index in [1.807, 2.05) is 0 Å². The predicted molar refractivity (Wildman–Crippen MR) is 218 cm³/mol. The van der Waals surface area contributed by atoms with Gasteiger partial charge in [-0.3, -0.25) is 23.9 Å². The first kappa shape index (κ1) is 51.0. The fourth-order valence-electron chi connectivity index (χ4n) is 6.00. The van der Waals surface area contributed by atoms with E-state index < -0.39 is 72.3 Å². The maximum Gasteiger partial charge on any atom is 0.408 e. The van der Waals surface area contributed by atoms with Crippen molar-refractivity contribution in [3.05, 3.63) is 22.7 Å². The number of ether oxygens (including phenoxy) is 3. The van der Waals surface area contributed by atoms with Crippen molar-refractivity contribution in [2.75, 3.05) is 25.0 Å². The largest absolute Gasteiger partial charge is 0.463 e. The van der Waals surface area contributed by atoms with Gasteiger partial charge in [-0.2, -0.15) is 4.98 Å². The third-order valence-electron chi connectivity index (χ3n) is 8.97. The summed E-state index contributed by atoms with van der Waals surface area (Å²) in [6.07, 6.45) is 11.0. The lowest BCUT2D eigenvalue weighted by Crippen LogP contribution is -2.48. The first-order valence-electron chi connectivity index (χ1n) is 20.0. The van der Waals surface area contributed by atoms with Gasteiger partial charge in [-0.05, 0) is 46.1 Å². The number of aromatic nitrogens is 2. The molecule has 0 bridgehead atoms. The van der Waals surface area contributed by atoms with Crippen LogP contribution in [0.2, 0.25) is 0 Å². The van der Waals surface area contributed by atoms with Crippen LogP contribution >= 0.6 is 12.4 Å². The summed E-state index contributed by atoms with van der Waals surface area (Å²) < 4.78 is 17.1. The van der Waals surface area contributed by atoms with Crippen molar-refractivity contribution in [1.82, 2.24) is 20.2 Å². The first-order chi connectivity index (χ1) is 26.6. The Balaban J connectivity index is 0.0000162. The molecule has 5 atom stereocenters. The van der Waals surface area contributed by atoms with Gasteiger partial charge >= 0.3 is 17.8 Å². The molecule has 2 heterocycles. The van der Waals surface area contributed by atoms with Crippen molar-refractivity contribution in [3.8, 4) is 0 Å². The van der Waals surface area contributed by atoms with E-state index in [0.717, 1.165) is 23.8 Å². The predicted octanol–water partition coefficient (Wildman–Crippen LogP) is 3.31. The minimum absolute atomic E-state index is 0. The number of aliphatic hydroxyl groups excluding tert-OH is 2. The van der Waals surface area contributed by atoms with Crippen LogP contribution < -0.4 is 33.1 Å². The van der Waals surface area contributed by atoms with Crippen LogP contribution in [-0.4, -0.2) is 99.3 Å². The lowest BCUT2D eigenvalue weighted by atomic mass is 10.0. The van der Waals surface area contributed by atoms with Gasteiger partial charge in [0.05, 0.1) is 0 Å². The molecule has 2 rings (SSSR count). The van der Waals surface area contributed by atoms with E-state index in [-0.39, 0.29) is 50.2 Å². The Labute approximate surface area is 342 Å². The Morgan fingerprint density at radius 3 is 2.11 bits per heavy atom. The SMILES string of the molecule is CCCCCCCCCCCCCCCC(=O)OC[C@H]1O[C@@H](n2ccc(NC(=O)[C@H](CCCN=C(N)N)NC(=O)CNC(=O)OC(C)(C)C)nc2=O)[C@@H](O)[C@@H]1O.Cl. The molecule has 0 spiro atoms. The second kappa shape index (κ2) is 27.6. The number of rotatable bonds is 26. The van der Waals surface area contributed by atoms with Gasteiger partial charge in [-0.1, -0.05) is 84.0 Å². The molecule has 1 aliphatic rings. The smallest absolute Gasteiger partial charge is 0.408 e. The van der Waals surface area contributed by atoms with Gasteiger partial charge in [0.2, 0.25) is 11.8 Å². The van der Waals surface area contributed by atoms with Gasteiger partial charge in [0, 0.05) is 19.2 Å². The number of alkyl carbamates (subject to hydrolysis) is 1. The number of hydrogen-bond donors (Lipinski definition) is 7. The van der Waals surface area contributed by atoms with E-state index in [9.17, 15) is 34.2 Å². The van der Waals surface area contributed by atoms with Crippen molar-refractivity contribution in [2.24, 2.45) is 16.5 Å². The fourth-order valence-corrected chi connectivity index (χ4v) is 6.00. The number of carbonyl (C=O) groups is 4. The second-order valence-corrected chi connectivity index (χ2v) is 15.1. The van der Waals surface area contributed by atoms with Crippen LogP contribution in [0.5, 0.6) is 0 Å². The molecule has 0 aliphatic carbocycles. The number of aliphatic imine (C=N–C) groups is 1. The zero-order valence-corrected chi connectivity index (χ0v) is 34.9. The number of nitrogens with one attached hydrogen (secondary N) is 3. The normalized spacial score (nSPS) is 18.1. The maximum absolute atomic E-state index is 13.2. The molecule has 1 aliphatic heterocycles. The standard InChI is InChI=1S/C38H66N8O10.ClH/c1-5-6-7-8-9-10-11-12-13-14-15-16-17-20-30(48)54-25-27-31(49)32(50)34(55-27)46-23-21-28(45-36(46)52)44-33(51)26(19-18-22-41-35(39)40)43-29(47)24-42-37(53)56-38(2,3)4;/h21,23,26-27,31-32,34,49-50H,5-20,22,24-25H2,1-4H3,(H,42,53)(H,43,47)(H4,39,40,41)(H,44,45,51,52);1H/t26-,27+,31+,32-,34+;/m0./s1. The van der Waals surface area contributed by atoms with Gasteiger partial charge in [0.25, 0.3) is 0 Å². The molecule has 326 valence electrons. The average molecular weight is 831 g/mol. The molecule has 18 nitrogen and oxygen atoms in total. The number of carbonyl (C=O) groups excluding carboxylic acids is 4. The molecular weight excluding hydrogens is 764 g/mol. The molecule has 9 N–H and O–H groups in total. The molecule has 0 unspecified atom stereocenters. The van der Waals surface area contributed by atoms with E-state index in [1.54, 1.807) is 20.8 Å².